The largest absolute Gasteiger partial charge is 0.454 e. The van der Waals surface area contributed by atoms with E-state index in [1.807, 2.05) is 25.2 Å². The van der Waals surface area contributed by atoms with Gasteiger partial charge in [0.1, 0.15) is 0 Å². The van der Waals surface area contributed by atoms with Gasteiger partial charge in [0.15, 0.2) is 17.5 Å². The van der Waals surface area contributed by atoms with Crippen molar-refractivity contribution in [2.45, 2.75) is 33.4 Å². The van der Waals surface area contributed by atoms with Crippen LogP contribution in [0.25, 0.3) is 0 Å². The molecule has 0 saturated carbocycles. The predicted octanol–water partition coefficient (Wildman–Crippen LogP) is 3.10. The monoisotopic (exact) mass is 463 g/mol. The van der Waals surface area contributed by atoms with Crippen LogP contribution in [0.1, 0.15) is 26.3 Å². The van der Waals surface area contributed by atoms with Crippen molar-refractivity contribution in [1.29, 1.82) is 0 Å². The van der Waals surface area contributed by atoms with E-state index in [4.69, 9.17) is 14.2 Å². The van der Waals surface area contributed by atoms with Crippen LogP contribution < -0.4 is 14.8 Å². The maximum Gasteiger partial charge on any atom is 0.231 e. The summed E-state index contributed by atoms with van der Waals surface area (Å²) in [5, 5.41) is 3.39. The third-order valence-electron chi connectivity index (χ3n) is 4.13. The summed E-state index contributed by atoms with van der Waals surface area (Å²) >= 11 is 0. The number of hydrogen-bond donors (Lipinski definition) is 1. The number of methoxy groups -OCH3 is 1. The van der Waals surface area contributed by atoms with Crippen molar-refractivity contribution in [3.63, 3.8) is 0 Å². The molecule has 6 nitrogen and oxygen atoms in total. The van der Waals surface area contributed by atoms with E-state index < -0.39 is 0 Å². The molecule has 0 saturated heterocycles. The third kappa shape index (κ3) is 5.91. The lowest BCUT2D eigenvalue weighted by molar-refractivity contribution is 0.0202. The molecule has 1 aromatic carbocycles. The Bertz CT molecular complexity index is 587. The lowest BCUT2D eigenvalue weighted by atomic mass is 9.89. The Kier molecular flexibility index (Phi) is 8.27. The number of aliphatic imine (C=N–C) groups is 1. The first-order valence-electron chi connectivity index (χ1n) is 8.18. The topological polar surface area (TPSA) is 55.3 Å². The average Bonchev–Trinajstić information content (AvgIpc) is 2.97. The molecule has 25 heavy (non-hydrogen) atoms. The maximum atomic E-state index is 5.59. The van der Waals surface area contributed by atoms with Gasteiger partial charge in [-0.2, -0.15) is 0 Å². The molecule has 0 bridgehead atoms. The highest BCUT2D eigenvalue weighted by atomic mass is 127. The smallest absolute Gasteiger partial charge is 0.231 e. The molecular formula is C18H30IN3O3. The van der Waals surface area contributed by atoms with Crippen molar-refractivity contribution < 1.29 is 14.2 Å². The van der Waals surface area contributed by atoms with E-state index in [0.717, 1.165) is 29.6 Å². The summed E-state index contributed by atoms with van der Waals surface area (Å²) in [6, 6.07) is 6.01. The quantitative estimate of drug-likeness (QED) is 0.413. The molecule has 2 rings (SSSR count). The summed E-state index contributed by atoms with van der Waals surface area (Å²) < 4.78 is 16.4. The Morgan fingerprint density at radius 1 is 1.32 bits per heavy atom. The molecule has 0 aromatic heterocycles. The minimum atomic E-state index is 0. The first kappa shape index (κ1) is 21.8. The van der Waals surface area contributed by atoms with Gasteiger partial charge in [-0.1, -0.05) is 26.8 Å². The minimum absolute atomic E-state index is 0. The van der Waals surface area contributed by atoms with Crippen LogP contribution in [0.15, 0.2) is 23.2 Å². The standard InChI is InChI=1S/C18H29N3O3.HI/c1-18(2,3)16(22-6)10-20-17(19-4)21(5)11-13-7-8-14-15(9-13)24-12-23-14;/h7-9,16H,10-12H2,1-6H3,(H,19,20);1H. The summed E-state index contributed by atoms with van der Waals surface area (Å²) in [5.41, 5.74) is 1.21. The molecule has 1 N–H and O–H groups in total. The fraction of sp³-hybridized carbons (Fsp3) is 0.611. The molecule has 142 valence electrons. The van der Waals surface area contributed by atoms with Crippen LogP contribution >= 0.6 is 24.0 Å². The van der Waals surface area contributed by atoms with Crippen LogP contribution in [-0.4, -0.2) is 51.5 Å². The number of nitrogens with zero attached hydrogens (tertiary/aromatic N) is 2. The number of guanidine groups is 1. The molecule has 0 fully saturated rings. The predicted molar refractivity (Wildman–Crippen MR) is 111 cm³/mol. The Morgan fingerprint density at radius 3 is 2.60 bits per heavy atom. The average molecular weight is 463 g/mol. The van der Waals surface area contributed by atoms with E-state index in [-0.39, 0.29) is 35.5 Å². The first-order valence-corrected chi connectivity index (χ1v) is 8.18. The molecule has 0 spiro atoms. The van der Waals surface area contributed by atoms with Gasteiger partial charge in [0.05, 0.1) is 6.10 Å². The second-order valence-corrected chi connectivity index (χ2v) is 7.06. The van der Waals surface area contributed by atoms with Gasteiger partial charge in [-0.05, 0) is 23.1 Å². The lowest BCUT2D eigenvalue weighted by Crippen LogP contribution is -2.45. The van der Waals surface area contributed by atoms with Crippen LogP contribution in [0.3, 0.4) is 0 Å². The maximum absolute atomic E-state index is 5.59. The number of rotatable bonds is 5. The Labute approximate surface area is 167 Å². The second-order valence-electron chi connectivity index (χ2n) is 7.06. The zero-order chi connectivity index (χ0) is 17.7. The van der Waals surface area contributed by atoms with Gasteiger partial charge in [0.2, 0.25) is 6.79 Å². The van der Waals surface area contributed by atoms with E-state index >= 15 is 0 Å². The summed E-state index contributed by atoms with van der Waals surface area (Å²) in [5.74, 6) is 2.44. The van der Waals surface area contributed by atoms with Crippen molar-refractivity contribution >= 4 is 29.9 Å². The third-order valence-corrected chi connectivity index (χ3v) is 4.13. The number of benzene rings is 1. The van der Waals surface area contributed by atoms with E-state index in [1.165, 1.54) is 0 Å². The van der Waals surface area contributed by atoms with Crippen molar-refractivity contribution in [3.05, 3.63) is 23.8 Å². The van der Waals surface area contributed by atoms with Crippen LogP contribution in [0.4, 0.5) is 0 Å². The highest BCUT2D eigenvalue weighted by Crippen LogP contribution is 2.32. The SMILES string of the molecule is CN=C(NCC(OC)C(C)(C)C)N(C)Cc1ccc2c(c1)OCO2.I. The number of halogens is 1. The highest BCUT2D eigenvalue weighted by molar-refractivity contribution is 14.0. The summed E-state index contributed by atoms with van der Waals surface area (Å²) in [6.45, 7) is 8.23. The van der Waals surface area contributed by atoms with E-state index in [9.17, 15) is 0 Å². The minimum Gasteiger partial charge on any atom is -0.454 e. The summed E-state index contributed by atoms with van der Waals surface area (Å²) in [7, 11) is 5.55. The van der Waals surface area contributed by atoms with E-state index in [1.54, 1.807) is 14.2 Å². The van der Waals surface area contributed by atoms with E-state index in [0.29, 0.717) is 13.3 Å². The highest BCUT2D eigenvalue weighted by Gasteiger charge is 2.24. The molecular weight excluding hydrogens is 433 g/mol. The molecule has 1 heterocycles. The Balaban J connectivity index is 0.00000312. The molecule has 7 heteroatoms. The fourth-order valence-corrected chi connectivity index (χ4v) is 2.70. The molecule has 1 atom stereocenters. The normalized spacial score (nSPS) is 14.7. The number of nitrogens with one attached hydrogen (secondary N) is 1. The Morgan fingerprint density at radius 2 is 2.00 bits per heavy atom. The summed E-state index contributed by atoms with van der Waals surface area (Å²) in [6.07, 6.45) is 0.105. The zero-order valence-corrected chi connectivity index (χ0v) is 18.3. The van der Waals surface area contributed by atoms with Gasteiger partial charge in [-0.25, -0.2) is 0 Å². The van der Waals surface area contributed by atoms with Crippen LogP contribution in [-0.2, 0) is 11.3 Å². The molecule has 0 aliphatic carbocycles. The first-order chi connectivity index (χ1) is 11.3. The van der Waals surface area contributed by atoms with Crippen LogP contribution in [0, 0.1) is 5.41 Å². The molecule has 1 aliphatic heterocycles. The van der Waals surface area contributed by atoms with Gasteiger partial charge in [-0.3, -0.25) is 4.99 Å². The van der Waals surface area contributed by atoms with Gasteiger partial charge in [0.25, 0.3) is 0 Å². The van der Waals surface area contributed by atoms with Crippen molar-refractivity contribution in [1.82, 2.24) is 10.2 Å². The van der Waals surface area contributed by atoms with Gasteiger partial charge >= 0.3 is 0 Å². The van der Waals surface area contributed by atoms with Crippen molar-refractivity contribution in [2.75, 3.05) is 34.5 Å². The van der Waals surface area contributed by atoms with Crippen LogP contribution in [0.2, 0.25) is 0 Å². The molecule has 1 unspecified atom stereocenters. The molecule has 0 amide bonds. The Hall–Kier alpha value is -1.22. The fourth-order valence-electron chi connectivity index (χ4n) is 2.70. The number of fused-ring (bicyclic) bond motifs is 1. The number of ether oxygens (including phenoxy) is 3. The molecule has 0 radical (unpaired) electrons. The van der Waals surface area contributed by atoms with Gasteiger partial charge < -0.3 is 24.4 Å². The van der Waals surface area contributed by atoms with E-state index in [2.05, 4.69) is 36.0 Å². The second kappa shape index (κ2) is 9.47. The summed E-state index contributed by atoms with van der Waals surface area (Å²) in [4.78, 5) is 6.44. The lowest BCUT2D eigenvalue weighted by Gasteiger charge is -2.31. The molecule has 1 aliphatic rings. The zero-order valence-electron chi connectivity index (χ0n) is 16.0. The van der Waals surface area contributed by atoms with Crippen LogP contribution in [0.5, 0.6) is 11.5 Å². The van der Waals surface area contributed by atoms with Crippen molar-refractivity contribution in [2.24, 2.45) is 10.4 Å². The number of hydrogen-bond acceptors (Lipinski definition) is 4. The van der Waals surface area contributed by atoms with Gasteiger partial charge in [-0.15, -0.1) is 24.0 Å². The van der Waals surface area contributed by atoms with Gasteiger partial charge in [0, 0.05) is 34.3 Å². The molecule has 1 aromatic rings. The van der Waals surface area contributed by atoms with Crippen molar-refractivity contribution in [3.8, 4) is 11.5 Å².